The van der Waals surface area contributed by atoms with Crippen LogP contribution in [0, 0.1) is 0 Å². The molecule has 2 unspecified atom stereocenters. The first-order valence-corrected chi connectivity index (χ1v) is 7.19. The van der Waals surface area contributed by atoms with Gasteiger partial charge in [-0.25, -0.2) is 0 Å². The average molecular weight is 426 g/mol. The van der Waals surface area contributed by atoms with Gasteiger partial charge in [-0.15, -0.1) is 0 Å². The molecular weight excluding hydrogens is 418 g/mol. The first kappa shape index (κ1) is 18.8. The Kier molecular flexibility index (Phi) is 5.96. The number of carbonyl (C=O) groups is 1. The molecule has 114 valence electrons. The molecule has 0 spiro atoms. The largest absolute Gasteiger partial charge is 0.444 e. The number of carbonyl (C=O) groups excluding carboxylic acids is 1. The zero-order chi connectivity index (χ0) is 15.6. The molecule has 1 N–H and O–H groups in total. The minimum absolute atomic E-state index is 0.0125. The molecule has 0 amide bonds. The lowest BCUT2D eigenvalue weighted by Gasteiger charge is -2.26. The lowest BCUT2D eigenvalue weighted by molar-refractivity contribution is -0.258. The fourth-order valence-electron chi connectivity index (χ4n) is 0.818. The molecule has 0 saturated carbocycles. The van der Waals surface area contributed by atoms with E-state index in [1.807, 2.05) is 0 Å². The van der Waals surface area contributed by atoms with E-state index in [4.69, 9.17) is 4.55 Å². The molecule has 19 heavy (non-hydrogen) atoms. The van der Waals surface area contributed by atoms with Crippen LogP contribution in [0.5, 0.6) is 0 Å². The molecule has 0 heterocycles. The molecule has 2 atom stereocenters. The number of rotatable bonds is 5. The quantitative estimate of drug-likeness (QED) is 0.240. The second-order valence-electron chi connectivity index (χ2n) is 3.27. The SMILES string of the molecule is CCC(I)C(=O)OC(C(F)(F)F)C(F)(F)S(=O)(=O)O. The highest BCUT2D eigenvalue weighted by Gasteiger charge is 2.66. The third kappa shape index (κ3) is 4.66. The lowest BCUT2D eigenvalue weighted by Crippen LogP contribution is -2.52. The van der Waals surface area contributed by atoms with Gasteiger partial charge in [-0.3, -0.25) is 9.35 Å². The van der Waals surface area contributed by atoms with Gasteiger partial charge in [0.1, 0.15) is 3.92 Å². The van der Waals surface area contributed by atoms with E-state index >= 15 is 0 Å². The van der Waals surface area contributed by atoms with E-state index in [1.165, 1.54) is 29.5 Å². The lowest BCUT2D eigenvalue weighted by atomic mass is 10.3. The fourth-order valence-corrected chi connectivity index (χ4v) is 1.42. The number of hydrogen-bond acceptors (Lipinski definition) is 4. The van der Waals surface area contributed by atoms with Crippen molar-refractivity contribution in [2.24, 2.45) is 0 Å². The van der Waals surface area contributed by atoms with Crippen LogP contribution in [0.1, 0.15) is 13.3 Å². The normalized spacial score (nSPS) is 16.8. The van der Waals surface area contributed by atoms with Crippen molar-refractivity contribution in [3.63, 3.8) is 0 Å². The van der Waals surface area contributed by atoms with Gasteiger partial charge in [0.15, 0.2) is 0 Å². The zero-order valence-electron chi connectivity index (χ0n) is 9.12. The van der Waals surface area contributed by atoms with Gasteiger partial charge in [0, 0.05) is 0 Å². The Morgan fingerprint density at radius 3 is 2.00 bits per heavy atom. The van der Waals surface area contributed by atoms with Crippen LogP contribution < -0.4 is 0 Å². The average Bonchev–Trinajstić information content (AvgIpc) is 2.20. The summed E-state index contributed by atoms with van der Waals surface area (Å²) in [6, 6.07) is 0. The van der Waals surface area contributed by atoms with Crippen molar-refractivity contribution in [1.82, 2.24) is 0 Å². The summed E-state index contributed by atoms with van der Waals surface area (Å²) in [5.74, 6) is -1.66. The molecule has 12 heteroatoms. The highest BCUT2D eigenvalue weighted by molar-refractivity contribution is 14.1. The van der Waals surface area contributed by atoms with Gasteiger partial charge in [0.05, 0.1) is 0 Å². The maximum absolute atomic E-state index is 13.0. The van der Waals surface area contributed by atoms with Crippen molar-refractivity contribution in [1.29, 1.82) is 0 Å². The van der Waals surface area contributed by atoms with Crippen LogP contribution in [0.3, 0.4) is 0 Å². The molecule has 0 rings (SSSR count). The Labute approximate surface area is 118 Å². The van der Waals surface area contributed by atoms with Crippen molar-refractivity contribution in [2.45, 2.75) is 34.8 Å². The molecule has 5 nitrogen and oxygen atoms in total. The van der Waals surface area contributed by atoms with Gasteiger partial charge in [-0.2, -0.15) is 30.4 Å². The molecule has 0 aromatic rings. The first-order chi connectivity index (χ1) is 8.25. The van der Waals surface area contributed by atoms with Crippen LogP contribution in [0.4, 0.5) is 22.0 Å². The molecule has 0 fully saturated rings. The van der Waals surface area contributed by atoms with Gasteiger partial charge in [-0.1, -0.05) is 29.5 Å². The number of halogens is 6. The fraction of sp³-hybridized carbons (Fsp3) is 0.857. The third-order valence-electron chi connectivity index (χ3n) is 1.79. The Hall–Kier alpha value is -0.240. The minimum atomic E-state index is -6.40. The van der Waals surface area contributed by atoms with Crippen LogP contribution >= 0.6 is 22.6 Å². The number of esters is 1. The standard InChI is InChI=1S/C7H8F5IO5S/c1-2-3(13)4(14)18-5(6(8,9)10)7(11,12)19(15,16)17/h3,5H,2H2,1H3,(H,15,16,17). The Bertz CT molecular complexity index is 434. The smallest absolute Gasteiger partial charge is 0.432 e. The van der Waals surface area contributed by atoms with E-state index in [0.717, 1.165) is 0 Å². The molecule has 0 aliphatic carbocycles. The molecule has 0 aromatic carbocycles. The molecule has 0 aliphatic heterocycles. The Morgan fingerprint density at radius 1 is 1.32 bits per heavy atom. The molecule has 0 radical (unpaired) electrons. The zero-order valence-corrected chi connectivity index (χ0v) is 12.1. The second kappa shape index (κ2) is 6.03. The van der Waals surface area contributed by atoms with Crippen LogP contribution in [-0.2, 0) is 19.6 Å². The Balaban J connectivity index is 5.46. The molecule has 0 aliphatic rings. The summed E-state index contributed by atoms with van der Waals surface area (Å²) in [6.45, 7) is 1.38. The van der Waals surface area contributed by atoms with Crippen LogP contribution in [0.15, 0.2) is 0 Å². The van der Waals surface area contributed by atoms with E-state index in [9.17, 15) is 35.2 Å². The summed E-state index contributed by atoms with van der Waals surface area (Å²) in [6.07, 6.45) is -10.1. The van der Waals surface area contributed by atoms with Gasteiger partial charge in [-0.05, 0) is 6.42 Å². The highest BCUT2D eigenvalue weighted by atomic mass is 127. The highest BCUT2D eigenvalue weighted by Crippen LogP contribution is 2.38. The predicted octanol–water partition coefficient (Wildman–Crippen LogP) is 2.15. The first-order valence-electron chi connectivity index (χ1n) is 4.51. The molecule has 0 aromatic heterocycles. The third-order valence-corrected chi connectivity index (χ3v) is 4.09. The predicted molar refractivity (Wildman–Crippen MR) is 60.5 cm³/mol. The molecule has 0 bridgehead atoms. The van der Waals surface area contributed by atoms with E-state index in [2.05, 4.69) is 4.74 Å². The monoisotopic (exact) mass is 426 g/mol. The van der Waals surface area contributed by atoms with Gasteiger partial charge < -0.3 is 4.74 Å². The summed E-state index contributed by atoms with van der Waals surface area (Å²) in [7, 11) is -6.40. The van der Waals surface area contributed by atoms with E-state index < -0.39 is 37.5 Å². The topological polar surface area (TPSA) is 80.7 Å². The van der Waals surface area contributed by atoms with Crippen LogP contribution in [0.2, 0.25) is 0 Å². The summed E-state index contributed by atoms with van der Waals surface area (Å²) in [5.41, 5.74) is 0. The maximum atomic E-state index is 13.0. The van der Waals surface area contributed by atoms with E-state index in [0.29, 0.717) is 0 Å². The summed E-state index contributed by atoms with van der Waals surface area (Å²) < 4.78 is 94.0. The van der Waals surface area contributed by atoms with Crippen molar-refractivity contribution in [3.8, 4) is 0 Å². The van der Waals surface area contributed by atoms with Gasteiger partial charge in [0.25, 0.3) is 6.10 Å². The van der Waals surface area contributed by atoms with Crippen molar-refractivity contribution in [3.05, 3.63) is 0 Å². The number of hydrogen-bond donors (Lipinski definition) is 1. The minimum Gasteiger partial charge on any atom is -0.444 e. The number of ether oxygens (including phenoxy) is 1. The Morgan fingerprint density at radius 2 is 1.74 bits per heavy atom. The van der Waals surface area contributed by atoms with Gasteiger partial charge >= 0.3 is 27.5 Å². The summed E-state index contributed by atoms with van der Waals surface area (Å²) in [4.78, 5) is 11.1. The van der Waals surface area contributed by atoms with Crippen molar-refractivity contribution in [2.75, 3.05) is 0 Å². The second-order valence-corrected chi connectivity index (χ2v) is 6.27. The van der Waals surface area contributed by atoms with Crippen molar-refractivity contribution >= 4 is 38.7 Å². The van der Waals surface area contributed by atoms with E-state index in [1.54, 1.807) is 0 Å². The van der Waals surface area contributed by atoms with Crippen molar-refractivity contribution < 1.29 is 44.5 Å². The summed E-state index contributed by atoms with van der Waals surface area (Å²) >= 11 is 1.34. The number of alkyl halides is 6. The van der Waals surface area contributed by atoms with Crippen LogP contribution in [-0.4, -0.2) is 40.4 Å². The molecular formula is C7H8F5IO5S. The maximum Gasteiger partial charge on any atom is 0.432 e. The summed E-state index contributed by atoms with van der Waals surface area (Å²) in [5, 5.41) is -5.69. The van der Waals surface area contributed by atoms with Gasteiger partial charge in [0.2, 0.25) is 0 Å². The van der Waals surface area contributed by atoms with Crippen LogP contribution in [0.25, 0.3) is 0 Å². The van der Waals surface area contributed by atoms with E-state index in [-0.39, 0.29) is 6.42 Å². The molecule has 0 saturated heterocycles.